The first-order chi connectivity index (χ1) is 65.3. The molecule has 724 valence electrons. The van der Waals surface area contributed by atoms with Crippen molar-refractivity contribution in [2.45, 2.75) is 212 Å². The number of aliphatic hydroxyl groups is 2. The van der Waals surface area contributed by atoms with E-state index in [4.69, 9.17) is 63.3 Å². The van der Waals surface area contributed by atoms with Gasteiger partial charge in [0.15, 0.2) is 0 Å². The molecule has 136 heavy (non-hydrogen) atoms. The Kier molecular flexibility index (Phi) is 37.3. The molecule has 0 bridgehead atoms. The lowest BCUT2D eigenvalue weighted by atomic mass is 9.79. The van der Waals surface area contributed by atoms with E-state index in [2.05, 4.69) is 139 Å². The summed E-state index contributed by atoms with van der Waals surface area (Å²) in [5.41, 5.74) is 20.6. The first-order valence-electron chi connectivity index (χ1n) is 47.4. The summed E-state index contributed by atoms with van der Waals surface area (Å²) in [6, 6.07) is 80.3. The van der Waals surface area contributed by atoms with E-state index in [1.807, 2.05) is 232 Å². The maximum atomic E-state index is 13.3. The third-order valence-electron chi connectivity index (χ3n) is 24.9. The van der Waals surface area contributed by atoms with Gasteiger partial charge in [-0.25, -0.2) is 34.5 Å². The summed E-state index contributed by atoms with van der Waals surface area (Å²) >= 11 is 0. The SMILES string of the molecule is CC(C)(C)OC(=O)N(Cc1ccccc1)c1ccc(C2(C)CCOC2)c(COCc2ccccc2)n1.CC(C)(C)OC(=O)N(Cc1ccccc1)c1ccc(C2(CO)CCOC2)c(COCc2ccccc2)n1.CC1(c2ccc(NCc3ccccc3)nc2CO)CCOC1.CN(C)Cc1nc(N)ccc1C1(C)CCOC1.CN(C)Cc1nc(NCc2ccccc2)ccc1C1(C)CCOC1. The summed E-state index contributed by atoms with van der Waals surface area (Å²) in [4.78, 5) is 57.9. The minimum absolute atomic E-state index is 0.0387. The molecular weight excluding hydrogens is 1710 g/mol. The van der Waals surface area contributed by atoms with Gasteiger partial charge in [-0.3, -0.25) is 9.80 Å². The predicted octanol–water partition coefficient (Wildman–Crippen LogP) is 19.5. The van der Waals surface area contributed by atoms with Gasteiger partial charge < -0.3 is 79.0 Å². The van der Waals surface area contributed by atoms with Crippen LogP contribution in [0.4, 0.5) is 38.7 Å². The number of pyridine rings is 5. The molecule has 2 amide bonds. The smallest absolute Gasteiger partial charge is 0.416 e. The number of hydrogen-bond acceptors (Lipinski definition) is 23. The van der Waals surface area contributed by atoms with Crippen LogP contribution >= 0.6 is 0 Å². The number of carbonyl (C=O) groups excluding carboxylic acids is 2. The molecular formula is C111H142N12O13. The molecule has 25 heteroatoms. The molecule has 5 saturated heterocycles. The van der Waals surface area contributed by atoms with Crippen molar-refractivity contribution < 1.29 is 62.4 Å². The summed E-state index contributed by atoms with van der Waals surface area (Å²) in [5.74, 6) is 3.32. The average molecular weight is 1850 g/mol. The van der Waals surface area contributed by atoms with Crippen LogP contribution in [-0.4, -0.2) is 169 Å². The number of amides is 2. The Morgan fingerprint density at radius 1 is 0.360 bits per heavy atom. The average Bonchev–Trinajstić information content (AvgIpc) is 1.40. The molecule has 11 aromatic rings. The summed E-state index contributed by atoms with van der Waals surface area (Å²) in [7, 11) is 8.26. The van der Waals surface area contributed by atoms with Crippen molar-refractivity contribution in [1.82, 2.24) is 34.7 Å². The molecule has 5 atom stereocenters. The molecule has 16 rings (SSSR count). The molecule has 6 N–H and O–H groups in total. The highest BCUT2D eigenvalue weighted by Gasteiger charge is 2.42. The maximum absolute atomic E-state index is 13.3. The van der Waals surface area contributed by atoms with E-state index in [0.29, 0.717) is 88.9 Å². The fourth-order valence-electron chi connectivity index (χ4n) is 17.3. The molecule has 25 nitrogen and oxygen atoms in total. The maximum Gasteiger partial charge on any atom is 0.416 e. The molecule has 5 fully saturated rings. The molecule has 6 aromatic carbocycles. The van der Waals surface area contributed by atoms with Crippen LogP contribution in [-0.2, 0) is 142 Å². The number of anilines is 5. The van der Waals surface area contributed by atoms with Crippen LogP contribution in [0.5, 0.6) is 0 Å². The van der Waals surface area contributed by atoms with Gasteiger partial charge in [0.2, 0.25) is 0 Å². The lowest BCUT2D eigenvalue weighted by Crippen LogP contribution is -2.38. The zero-order chi connectivity index (χ0) is 96.8. The van der Waals surface area contributed by atoms with Gasteiger partial charge >= 0.3 is 12.2 Å². The highest BCUT2D eigenvalue weighted by atomic mass is 16.6. The second kappa shape index (κ2) is 49.0. The number of nitrogens with zero attached hydrogens (tertiary/aromatic N) is 9. The predicted molar refractivity (Wildman–Crippen MR) is 537 cm³/mol. The second-order valence-electron chi connectivity index (χ2n) is 39.5. The van der Waals surface area contributed by atoms with Crippen LogP contribution in [0.1, 0.15) is 191 Å². The molecule has 5 aliphatic heterocycles. The third-order valence-corrected chi connectivity index (χ3v) is 24.9. The fourth-order valence-corrected chi connectivity index (χ4v) is 17.3. The quantitative estimate of drug-likeness (QED) is 0.0270. The van der Waals surface area contributed by atoms with Crippen molar-refractivity contribution in [3.05, 3.63) is 332 Å². The number of aromatic nitrogens is 5. The lowest BCUT2D eigenvalue weighted by Gasteiger charge is -2.30. The monoisotopic (exact) mass is 1850 g/mol. The van der Waals surface area contributed by atoms with Gasteiger partial charge in [-0.05, 0) is 193 Å². The van der Waals surface area contributed by atoms with Crippen LogP contribution in [0.25, 0.3) is 0 Å². The van der Waals surface area contributed by atoms with Gasteiger partial charge in [-0.2, -0.15) is 0 Å². The highest BCUT2D eigenvalue weighted by molar-refractivity contribution is 5.87. The van der Waals surface area contributed by atoms with Gasteiger partial charge in [0.1, 0.15) is 40.3 Å². The van der Waals surface area contributed by atoms with Crippen molar-refractivity contribution >= 4 is 41.3 Å². The van der Waals surface area contributed by atoms with Crippen LogP contribution in [0.3, 0.4) is 0 Å². The minimum atomic E-state index is -0.657. The van der Waals surface area contributed by atoms with E-state index in [0.717, 1.165) is 165 Å². The summed E-state index contributed by atoms with van der Waals surface area (Å²) in [6.07, 6.45) is 3.78. The van der Waals surface area contributed by atoms with Gasteiger partial charge in [0.25, 0.3) is 0 Å². The first-order valence-corrected chi connectivity index (χ1v) is 47.4. The Balaban J connectivity index is 0.000000157. The number of benzene rings is 6. The summed E-state index contributed by atoms with van der Waals surface area (Å²) < 4.78 is 51.8. The number of carbonyl (C=O) groups is 2. The number of ether oxygens (including phenoxy) is 9. The van der Waals surface area contributed by atoms with Gasteiger partial charge in [0, 0.05) is 86.3 Å². The van der Waals surface area contributed by atoms with Crippen LogP contribution in [0.15, 0.2) is 243 Å². The Labute approximate surface area is 805 Å². The van der Waals surface area contributed by atoms with Crippen LogP contribution in [0.2, 0.25) is 0 Å². The van der Waals surface area contributed by atoms with Gasteiger partial charge in [0.05, 0.1) is 114 Å². The van der Waals surface area contributed by atoms with E-state index in [1.165, 1.54) is 22.3 Å². The molecule has 5 unspecified atom stereocenters. The molecule has 0 radical (unpaired) electrons. The van der Waals surface area contributed by atoms with E-state index < -0.39 is 28.8 Å². The minimum Gasteiger partial charge on any atom is -0.443 e. The van der Waals surface area contributed by atoms with E-state index >= 15 is 0 Å². The Morgan fingerprint density at radius 2 is 0.676 bits per heavy atom. The first kappa shape index (κ1) is 103. The molecule has 0 spiro atoms. The van der Waals surface area contributed by atoms with E-state index in [-0.39, 0.29) is 41.5 Å². The fraction of sp³-hybridized carbons (Fsp3) is 0.432. The van der Waals surface area contributed by atoms with Crippen molar-refractivity contribution in [2.75, 3.05) is 127 Å². The zero-order valence-electron chi connectivity index (χ0n) is 82.2. The molecule has 0 aliphatic carbocycles. The van der Waals surface area contributed by atoms with Crippen molar-refractivity contribution in [2.24, 2.45) is 0 Å². The Hall–Kier alpha value is -11.4. The molecule has 10 heterocycles. The number of nitrogens with two attached hydrogens (primary N) is 1. The van der Waals surface area contributed by atoms with E-state index in [1.54, 1.807) is 9.80 Å². The van der Waals surface area contributed by atoms with Crippen LogP contribution in [0, 0.1) is 0 Å². The topological polar surface area (TPSA) is 285 Å². The largest absolute Gasteiger partial charge is 0.443 e. The Bertz CT molecular complexity index is 5510. The second-order valence-corrected chi connectivity index (χ2v) is 39.5. The number of hydrogen-bond donors (Lipinski definition) is 5. The van der Waals surface area contributed by atoms with Gasteiger partial charge in [-0.15, -0.1) is 0 Å². The Morgan fingerprint density at radius 3 is 1.02 bits per heavy atom. The zero-order valence-corrected chi connectivity index (χ0v) is 82.2. The van der Waals surface area contributed by atoms with Crippen molar-refractivity contribution in [3.8, 4) is 0 Å². The summed E-state index contributed by atoms with van der Waals surface area (Å²) in [6.45, 7) is 32.3. The number of aliphatic hydroxyl groups excluding tert-OH is 2. The molecule has 5 aromatic heterocycles. The number of nitrogen functional groups attached to an aromatic ring is 1. The normalized spacial score (nSPS) is 19.5. The lowest BCUT2D eigenvalue weighted by molar-refractivity contribution is 0.0565. The molecule has 5 aliphatic rings. The number of nitrogens with one attached hydrogen (secondary N) is 2. The number of rotatable bonds is 31. The third kappa shape index (κ3) is 30.0. The van der Waals surface area contributed by atoms with Gasteiger partial charge in [-0.1, -0.05) is 240 Å². The van der Waals surface area contributed by atoms with Crippen molar-refractivity contribution in [3.63, 3.8) is 0 Å². The summed E-state index contributed by atoms with van der Waals surface area (Å²) in [5, 5.41) is 26.8. The standard InChI is InChI=1S/C30H36N2O5.C30H36N2O4.C20H27N3O.C18H22N2O2.C13H21N3O/c1-29(2,3)37-28(34)32(18-23-10-6-4-7-11-23)27-15-14-25(30(21-33)16-17-35-22-30)26(31-27)20-36-19-24-12-8-5-9-13-24;1-29(2,3)36-28(33)32(19-23-11-7-5-8-12-23)27-16-15-25(30(4)17-18-34-22-30)26(31-27)21-35-20-24-13-9-6-10-14-24;1-20(11-12-24-15-20)17-9-10-19(22-18(17)14-23(2)3)21-13-16-7-5-4-6-8-16;1-18(9-10-22-13-18)15-7-8-17(20-16(15)12-21)19-11-14-5-3-2-4-6-14;1-13(6-7-17-9-13)10-4-5-12(14)15-11(10)8-16(2)3/h4-15,33H,16-22H2,1-3H3;5-16H,17-22H2,1-4H3;4-10H,11-15H2,1-3H3,(H,21,22);2-8,21H,9-13H2,1H3,(H,19,20);4-5H,6-9H2,1-3H3,(H2,14,15). The van der Waals surface area contributed by atoms with Crippen LogP contribution < -0.4 is 26.2 Å². The molecule has 0 saturated carbocycles. The van der Waals surface area contributed by atoms with Crippen molar-refractivity contribution in [1.29, 1.82) is 0 Å². The van der Waals surface area contributed by atoms with E-state index in [9.17, 15) is 19.8 Å². The highest BCUT2D eigenvalue weighted by Crippen LogP contribution is 2.42.